The predicted octanol–water partition coefficient (Wildman–Crippen LogP) is 9.36. The van der Waals surface area contributed by atoms with Gasteiger partial charge in [0.2, 0.25) is 11.6 Å². The van der Waals surface area contributed by atoms with Crippen LogP contribution in [0.25, 0.3) is 0 Å². The molecule has 374 valence electrons. The highest BCUT2D eigenvalue weighted by molar-refractivity contribution is 6.33. The SMILES string of the molecule is C=CC(=O)OCCOc1ccc(C(C)(CCC(C)(c2ccc(OCCCOC(=O)C(=O)CCC)cc2)c2ccc(OCCCOC(=O)C(=O)CCC)cc2)c2ccc(OCCOC(=O)C=C)cc2)cc1. The zero-order valence-electron chi connectivity index (χ0n) is 40.8. The highest BCUT2D eigenvalue weighted by atomic mass is 16.6. The van der Waals surface area contributed by atoms with E-state index in [0.29, 0.717) is 61.5 Å². The van der Waals surface area contributed by atoms with Crippen molar-refractivity contribution in [2.24, 2.45) is 0 Å². The molecular formula is C56H66O14. The van der Waals surface area contributed by atoms with E-state index < -0.39 is 46.3 Å². The summed E-state index contributed by atoms with van der Waals surface area (Å²) < 4.78 is 44.1. The van der Waals surface area contributed by atoms with Gasteiger partial charge in [-0.05, 0) is 96.5 Å². The van der Waals surface area contributed by atoms with Crippen LogP contribution >= 0.6 is 0 Å². The molecule has 4 aromatic rings. The van der Waals surface area contributed by atoms with Gasteiger partial charge >= 0.3 is 23.9 Å². The number of hydrogen-bond acceptors (Lipinski definition) is 14. The van der Waals surface area contributed by atoms with Crippen molar-refractivity contribution in [1.82, 2.24) is 0 Å². The van der Waals surface area contributed by atoms with Gasteiger partial charge in [0.1, 0.15) is 49.4 Å². The van der Waals surface area contributed by atoms with Crippen LogP contribution in [0.5, 0.6) is 23.0 Å². The monoisotopic (exact) mass is 962 g/mol. The molecule has 0 bridgehead atoms. The average Bonchev–Trinajstić information content (AvgIpc) is 3.38. The maximum absolute atomic E-state index is 11.9. The predicted molar refractivity (Wildman–Crippen MR) is 263 cm³/mol. The molecule has 4 aromatic carbocycles. The number of benzene rings is 4. The molecule has 0 spiro atoms. The van der Waals surface area contributed by atoms with Crippen LogP contribution in [0.15, 0.2) is 122 Å². The van der Waals surface area contributed by atoms with E-state index in [1.165, 1.54) is 0 Å². The van der Waals surface area contributed by atoms with Gasteiger partial charge in [-0.15, -0.1) is 0 Å². The third-order valence-corrected chi connectivity index (χ3v) is 11.6. The molecule has 0 saturated carbocycles. The zero-order valence-corrected chi connectivity index (χ0v) is 40.8. The lowest BCUT2D eigenvalue weighted by Gasteiger charge is -2.38. The van der Waals surface area contributed by atoms with Gasteiger partial charge < -0.3 is 37.9 Å². The molecule has 14 nitrogen and oxygen atoms in total. The Bertz CT molecular complexity index is 2160. The second kappa shape index (κ2) is 29.0. The van der Waals surface area contributed by atoms with Crippen molar-refractivity contribution in [3.05, 3.63) is 145 Å². The van der Waals surface area contributed by atoms with Gasteiger partial charge in [0, 0.05) is 48.7 Å². The molecule has 0 radical (unpaired) electrons. The summed E-state index contributed by atoms with van der Waals surface area (Å²) in [4.78, 5) is 70.5. The van der Waals surface area contributed by atoms with Crippen molar-refractivity contribution in [3.8, 4) is 23.0 Å². The van der Waals surface area contributed by atoms with E-state index in [1.54, 1.807) is 0 Å². The summed E-state index contributed by atoms with van der Waals surface area (Å²) in [6, 6.07) is 31.6. The summed E-state index contributed by atoms with van der Waals surface area (Å²) in [5, 5.41) is 0. The largest absolute Gasteiger partial charge is 0.493 e. The molecule has 70 heavy (non-hydrogen) atoms. The zero-order chi connectivity index (χ0) is 50.8. The number of esters is 4. The van der Waals surface area contributed by atoms with Gasteiger partial charge in [0.05, 0.1) is 26.4 Å². The Hall–Kier alpha value is -7.22. The van der Waals surface area contributed by atoms with E-state index in [9.17, 15) is 28.8 Å². The number of carbonyl (C=O) groups is 6. The lowest BCUT2D eigenvalue weighted by Crippen LogP contribution is -2.30. The molecule has 4 rings (SSSR count). The quantitative estimate of drug-likeness (QED) is 0.0145. The summed E-state index contributed by atoms with van der Waals surface area (Å²) in [7, 11) is 0. The van der Waals surface area contributed by atoms with Crippen LogP contribution in [0, 0.1) is 0 Å². The van der Waals surface area contributed by atoms with Crippen LogP contribution < -0.4 is 18.9 Å². The fourth-order valence-corrected chi connectivity index (χ4v) is 7.45. The first-order chi connectivity index (χ1) is 33.8. The van der Waals surface area contributed by atoms with E-state index in [-0.39, 0.29) is 65.7 Å². The van der Waals surface area contributed by atoms with E-state index >= 15 is 0 Å². The normalized spacial score (nSPS) is 11.1. The Morgan fingerprint density at radius 1 is 0.414 bits per heavy atom. The first kappa shape index (κ1) is 55.4. The molecule has 0 heterocycles. The second-order valence-electron chi connectivity index (χ2n) is 16.7. The summed E-state index contributed by atoms with van der Waals surface area (Å²) in [5.41, 5.74) is 2.99. The van der Waals surface area contributed by atoms with Crippen LogP contribution in [0.3, 0.4) is 0 Å². The van der Waals surface area contributed by atoms with Crippen LogP contribution in [0.2, 0.25) is 0 Å². The summed E-state index contributed by atoms with van der Waals surface area (Å²) in [5.74, 6) is -1.25. The Labute approximate surface area is 411 Å². The first-order valence-electron chi connectivity index (χ1n) is 23.7. The van der Waals surface area contributed by atoms with Gasteiger partial charge in [-0.2, -0.15) is 0 Å². The van der Waals surface area contributed by atoms with Crippen LogP contribution in [-0.2, 0) is 58.5 Å². The minimum atomic E-state index is -0.821. The molecule has 0 saturated heterocycles. The Kier molecular flexibility index (Phi) is 22.9. The van der Waals surface area contributed by atoms with Gasteiger partial charge in [-0.25, -0.2) is 19.2 Å². The smallest absolute Gasteiger partial charge is 0.374 e. The van der Waals surface area contributed by atoms with Gasteiger partial charge in [-0.1, -0.05) is 89.4 Å². The summed E-state index contributed by atoms with van der Waals surface area (Å²) in [6.45, 7) is 16.1. The van der Waals surface area contributed by atoms with Gasteiger partial charge in [0.25, 0.3) is 0 Å². The fourth-order valence-electron chi connectivity index (χ4n) is 7.45. The van der Waals surface area contributed by atoms with E-state index in [4.69, 9.17) is 37.9 Å². The number of rotatable bonds is 33. The second-order valence-corrected chi connectivity index (χ2v) is 16.7. The van der Waals surface area contributed by atoms with E-state index in [0.717, 1.165) is 34.4 Å². The van der Waals surface area contributed by atoms with Crippen molar-refractivity contribution < 1.29 is 66.7 Å². The minimum Gasteiger partial charge on any atom is -0.493 e. The van der Waals surface area contributed by atoms with Crippen molar-refractivity contribution in [3.63, 3.8) is 0 Å². The number of ether oxygens (including phenoxy) is 8. The molecule has 0 aromatic heterocycles. The molecule has 0 aliphatic heterocycles. The van der Waals surface area contributed by atoms with Gasteiger partial charge in [0.15, 0.2) is 0 Å². The Morgan fingerprint density at radius 2 is 0.700 bits per heavy atom. The molecule has 0 atom stereocenters. The van der Waals surface area contributed by atoms with Crippen LogP contribution in [-0.4, -0.2) is 88.3 Å². The number of Topliss-reactive ketones (excluding diaryl/α,β-unsaturated/α-hetero) is 2. The maximum atomic E-state index is 11.9. The standard InChI is InChI=1S/C56H66O14/c1-7-13-49(57)53(61)69-35-11-33-63-45-23-15-41(16-24-45)55(5,42-17-25-46(26-18-42)64-34-12-36-70-54(62)50(58)14-8-2)31-32-56(6,43-19-27-47(28-20-43)65-37-39-67-51(59)9-3)44-21-29-48(30-22-44)66-38-40-68-52(60)10-4/h9-10,15-30H,3-4,7-8,11-14,31-40H2,1-2,5-6H3. The topological polar surface area (TPSA) is 176 Å². The summed E-state index contributed by atoms with van der Waals surface area (Å²) in [6.07, 6.45) is 5.82. The van der Waals surface area contributed by atoms with Crippen molar-refractivity contribution >= 4 is 35.4 Å². The first-order valence-corrected chi connectivity index (χ1v) is 23.7. The maximum Gasteiger partial charge on any atom is 0.374 e. The van der Waals surface area contributed by atoms with E-state index in [1.807, 2.05) is 111 Å². The Morgan fingerprint density at radius 3 is 0.971 bits per heavy atom. The summed E-state index contributed by atoms with van der Waals surface area (Å²) >= 11 is 0. The van der Waals surface area contributed by atoms with Crippen molar-refractivity contribution in [2.45, 2.75) is 89.9 Å². The fraction of sp³-hybridized carbons (Fsp3) is 0.393. The minimum absolute atomic E-state index is 0.0718. The molecule has 0 aliphatic rings. The van der Waals surface area contributed by atoms with Crippen molar-refractivity contribution in [2.75, 3.05) is 52.9 Å². The third-order valence-electron chi connectivity index (χ3n) is 11.6. The number of ketones is 2. The Balaban J connectivity index is 1.60. The molecule has 0 unspecified atom stereocenters. The molecule has 14 heteroatoms. The molecule has 0 fully saturated rings. The molecule has 0 amide bonds. The highest BCUT2D eigenvalue weighted by Crippen LogP contribution is 2.45. The van der Waals surface area contributed by atoms with E-state index in [2.05, 4.69) is 27.0 Å². The lowest BCUT2D eigenvalue weighted by atomic mass is 9.66. The molecule has 0 aliphatic carbocycles. The highest BCUT2D eigenvalue weighted by Gasteiger charge is 2.36. The van der Waals surface area contributed by atoms with Gasteiger partial charge in [-0.3, -0.25) is 9.59 Å². The number of carbonyl (C=O) groups excluding carboxylic acids is 6. The van der Waals surface area contributed by atoms with Crippen molar-refractivity contribution in [1.29, 1.82) is 0 Å². The average molecular weight is 963 g/mol. The van der Waals surface area contributed by atoms with Crippen LogP contribution in [0.1, 0.15) is 101 Å². The third kappa shape index (κ3) is 17.4. The number of hydrogen-bond donors (Lipinski definition) is 0. The van der Waals surface area contributed by atoms with Crippen LogP contribution in [0.4, 0.5) is 0 Å². The molecule has 0 N–H and O–H groups in total. The lowest BCUT2D eigenvalue weighted by molar-refractivity contribution is -0.154. The molecular weight excluding hydrogens is 897 g/mol.